The van der Waals surface area contributed by atoms with E-state index in [-0.39, 0.29) is 0 Å². The van der Waals surface area contributed by atoms with Gasteiger partial charge in [0.1, 0.15) is 0 Å². The Kier molecular flexibility index (Phi) is 5.92. The van der Waals surface area contributed by atoms with Crippen molar-refractivity contribution in [3.63, 3.8) is 0 Å². The van der Waals surface area contributed by atoms with Gasteiger partial charge < -0.3 is 15.0 Å². The predicted molar refractivity (Wildman–Crippen MR) is 159 cm³/mol. The number of anilines is 1. The number of aromatic carboxylic acids is 1. The highest BCUT2D eigenvalue weighted by atomic mass is 32.1. The molecule has 2 aromatic carbocycles. The van der Waals surface area contributed by atoms with Crippen LogP contribution in [0.5, 0.6) is 0 Å². The number of hydrogen-bond acceptors (Lipinski definition) is 5. The highest BCUT2D eigenvalue weighted by molar-refractivity contribution is 7.15. The topological polar surface area (TPSA) is 80.0 Å². The van der Waals surface area contributed by atoms with Crippen LogP contribution in [0.15, 0.2) is 42.5 Å². The zero-order valence-corrected chi connectivity index (χ0v) is 23.2. The average molecular weight is 537 g/mol. The number of benzene rings is 2. The normalized spacial score (nSPS) is 15.9. The Balaban J connectivity index is 1.48. The Labute approximate surface area is 231 Å². The summed E-state index contributed by atoms with van der Waals surface area (Å²) in [6.07, 6.45) is 7.11. The molecule has 1 saturated carbocycles. The van der Waals surface area contributed by atoms with E-state index < -0.39 is 5.97 Å². The summed E-state index contributed by atoms with van der Waals surface area (Å²) in [6, 6.07) is 14.4. The van der Waals surface area contributed by atoms with Crippen LogP contribution in [0.2, 0.25) is 0 Å². The van der Waals surface area contributed by atoms with Gasteiger partial charge in [0.2, 0.25) is 0 Å². The molecule has 7 heteroatoms. The van der Waals surface area contributed by atoms with Gasteiger partial charge in [-0.15, -0.1) is 11.3 Å². The fourth-order valence-corrected chi connectivity index (χ4v) is 7.66. The fraction of sp³-hybridized carbons (Fsp3) is 0.344. The van der Waals surface area contributed by atoms with Gasteiger partial charge in [0.25, 0.3) is 0 Å². The molecule has 7 rings (SSSR count). The van der Waals surface area contributed by atoms with Crippen LogP contribution in [0.25, 0.3) is 43.6 Å². The molecule has 1 fully saturated rings. The van der Waals surface area contributed by atoms with Gasteiger partial charge in [0.05, 0.1) is 43.7 Å². The smallest absolute Gasteiger partial charge is 0.335 e. The van der Waals surface area contributed by atoms with Gasteiger partial charge in [-0.3, -0.25) is 0 Å². The number of hydrogen-bond donors (Lipinski definition) is 2. The summed E-state index contributed by atoms with van der Waals surface area (Å²) >= 11 is 1.69. The Morgan fingerprint density at radius 2 is 1.82 bits per heavy atom. The van der Waals surface area contributed by atoms with E-state index in [0.717, 1.165) is 62.9 Å². The van der Waals surface area contributed by atoms with Crippen LogP contribution in [0, 0.1) is 13.8 Å². The van der Waals surface area contributed by atoms with E-state index >= 15 is 0 Å². The lowest BCUT2D eigenvalue weighted by molar-refractivity contribution is 0.0697. The second kappa shape index (κ2) is 9.49. The minimum Gasteiger partial charge on any atom is -0.478 e. The summed E-state index contributed by atoms with van der Waals surface area (Å²) in [5.41, 5.74) is 9.32. The second-order valence-corrected chi connectivity index (χ2v) is 12.2. The summed E-state index contributed by atoms with van der Waals surface area (Å²) in [5.74, 6) is -0.395. The zero-order chi connectivity index (χ0) is 26.7. The third-order valence-electron chi connectivity index (χ3n) is 8.49. The molecule has 39 heavy (non-hydrogen) atoms. The number of carbonyl (C=O) groups is 1. The van der Waals surface area contributed by atoms with Crippen LogP contribution in [0.4, 0.5) is 5.69 Å². The molecule has 4 heterocycles. The molecule has 0 radical (unpaired) electrons. The lowest BCUT2D eigenvalue weighted by Gasteiger charge is -2.26. The number of carboxylic acids is 1. The van der Waals surface area contributed by atoms with E-state index in [1.54, 1.807) is 17.4 Å². The number of thiazole rings is 1. The SMILES string of the molecule is Cc1nc(C)c(-c2ccc3c4c(ccc3n2)-c2c(C3CCCCC3)c3ccc(C(=O)O)cc3n2CCCN4)s1. The number of nitrogens with zero attached hydrogens (tertiary/aromatic N) is 3. The first kappa shape index (κ1) is 24.3. The van der Waals surface area contributed by atoms with E-state index in [0.29, 0.717) is 11.5 Å². The van der Waals surface area contributed by atoms with Crippen molar-refractivity contribution in [1.29, 1.82) is 0 Å². The monoisotopic (exact) mass is 536 g/mol. The Morgan fingerprint density at radius 3 is 2.59 bits per heavy atom. The number of rotatable bonds is 3. The van der Waals surface area contributed by atoms with Crippen LogP contribution in [0.3, 0.4) is 0 Å². The van der Waals surface area contributed by atoms with Gasteiger partial charge in [0.15, 0.2) is 0 Å². The summed E-state index contributed by atoms with van der Waals surface area (Å²) in [5, 5.41) is 16.9. The van der Waals surface area contributed by atoms with Crippen LogP contribution in [-0.2, 0) is 6.54 Å². The summed E-state index contributed by atoms with van der Waals surface area (Å²) in [7, 11) is 0. The Morgan fingerprint density at radius 1 is 1.00 bits per heavy atom. The molecule has 3 aromatic heterocycles. The maximum atomic E-state index is 11.9. The molecule has 0 saturated heterocycles. The molecule has 0 amide bonds. The van der Waals surface area contributed by atoms with Gasteiger partial charge in [-0.2, -0.15) is 0 Å². The van der Waals surface area contributed by atoms with Gasteiger partial charge in [-0.1, -0.05) is 25.3 Å². The first-order chi connectivity index (χ1) is 19.0. The number of aromatic nitrogens is 3. The van der Waals surface area contributed by atoms with E-state index in [9.17, 15) is 9.90 Å². The molecule has 1 aliphatic carbocycles. The summed E-state index contributed by atoms with van der Waals surface area (Å²) in [4.78, 5) is 22.7. The van der Waals surface area contributed by atoms with Crippen molar-refractivity contribution in [2.24, 2.45) is 0 Å². The van der Waals surface area contributed by atoms with Crippen LogP contribution < -0.4 is 5.32 Å². The van der Waals surface area contributed by atoms with E-state index in [1.807, 2.05) is 19.9 Å². The van der Waals surface area contributed by atoms with Crippen molar-refractivity contribution in [3.8, 4) is 21.8 Å². The van der Waals surface area contributed by atoms with E-state index in [1.165, 1.54) is 54.3 Å². The maximum absolute atomic E-state index is 11.9. The molecule has 5 aromatic rings. The van der Waals surface area contributed by atoms with Crippen molar-refractivity contribution in [1.82, 2.24) is 14.5 Å². The molecule has 198 valence electrons. The van der Waals surface area contributed by atoms with Crippen LogP contribution in [0.1, 0.15) is 71.1 Å². The highest BCUT2D eigenvalue weighted by Gasteiger charge is 2.29. The number of nitrogens with one attached hydrogen (secondary N) is 1. The van der Waals surface area contributed by atoms with Crippen molar-refractivity contribution in [2.75, 3.05) is 11.9 Å². The molecular formula is C32H32N4O2S. The molecule has 2 N–H and O–H groups in total. The third-order valence-corrected chi connectivity index (χ3v) is 9.58. The fourth-order valence-electron chi connectivity index (χ4n) is 6.77. The van der Waals surface area contributed by atoms with Gasteiger partial charge in [-0.05, 0) is 81.0 Å². The summed E-state index contributed by atoms with van der Waals surface area (Å²) in [6.45, 7) is 5.79. The second-order valence-electron chi connectivity index (χ2n) is 11.0. The lowest BCUT2D eigenvalue weighted by Crippen LogP contribution is -2.14. The quantitative estimate of drug-likeness (QED) is 0.243. The van der Waals surface area contributed by atoms with E-state index in [4.69, 9.17) is 4.98 Å². The van der Waals surface area contributed by atoms with Crippen molar-refractivity contribution >= 4 is 44.8 Å². The van der Waals surface area contributed by atoms with Crippen molar-refractivity contribution in [2.45, 2.75) is 64.8 Å². The molecule has 0 spiro atoms. The first-order valence-corrected chi connectivity index (χ1v) is 14.8. The molecular weight excluding hydrogens is 504 g/mol. The lowest BCUT2D eigenvalue weighted by atomic mass is 9.81. The minimum absolute atomic E-state index is 0.349. The first-order valence-electron chi connectivity index (χ1n) is 14.0. The summed E-state index contributed by atoms with van der Waals surface area (Å²) < 4.78 is 2.41. The van der Waals surface area contributed by atoms with Crippen LogP contribution >= 0.6 is 11.3 Å². The number of carboxylic acid groups (broad SMARTS) is 1. The molecule has 0 unspecified atom stereocenters. The largest absolute Gasteiger partial charge is 0.478 e. The number of fused-ring (bicyclic) bond motifs is 7. The molecule has 1 aliphatic heterocycles. The van der Waals surface area contributed by atoms with Gasteiger partial charge in [-0.25, -0.2) is 14.8 Å². The zero-order valence-electron chi connectivity index (χ0n) is 22.4. The number of aryl methyl sites for hydroxylation is 3. The van der Waals surface area contributed by atoms with Crippen molar-refractivity contribution in [3.05, 3.63) is 64.3 Å². The van der Waals surface area contributed by atoms with Crippen molar-refractivity contribution < 1.29 is 9.90 Å². The molecule has 6 nitrogen and oxygen atoms in total. The predicted octanol–water partition coefficient (Wildman–Crippen LogP) is 8.16. The number of pyridine rings is 1. The van der Waals surface area contributed by atoms with Crippen LogP contribution in [-0.4, -0.2) is 32.2 Å². The Hall–Kier alpha value is -3.71. The molecule has 0 atom stereocenters. The third kappa shape index (κ3) is 4.02. The molecule has 0 bridgehead atoms. The molecule has 2 aliphatic rings. The minimum atomic E-state index is -0.876. The average Bonchev–Trinajstić information content (AvgIpc) is 3.44. The highest BCUT2D eigenvalue weighted by Crippen LogP contribution is 2.48. The van der Waals surface area contributed by atoms with E-state index in [2.05, 4.69) is 45.2 Å². The van der Waals surface area contributed by atoms with Gasteiger partial charge in [0, 0.05) is 34.9 Å². The maximum Gasteiger partial charge on any atom is 0.335 e. The Bertz CT molecular complexity index is 1760. The van der Waals surface area contributed by atoms with Gasteiger partial charge >= 0.3 is 5.97 Å². The standard InChI is InChI=1S/C32H32N4O2S/c1-18-31(39-19(2)34-18)26-14-11-22-25(35-26)13-12-24-29(22)33-15-6-16-36-27-17-21(32(37)38)9-10-23(27)28(30(24)36)20-7-4-3-5-8-20/h9-14,17,20,33H,3-8,15-16H2,1-2H3,(H,37,38).